The summed E-state index contributed by atoms with van der Waals surface area (Å²) >= 11 is 0. The molecule has 0 saturated carbocycles. The molecule has 0 bridgehead atoms. The van der Waals surface area contributed by atoms with Gasteiger partial charge in [-0.3, -0.25) is 9.59 Å². The first kappa shape index (κ1) is 17.8. The van der Waals surface area contributed by atoms with Crippen LogP contribution < -0.4 is 11.5 Å². The number of allylic oxidation sites excluding steroid dienone is 2. The molecule has 0 saturated heterocycles. The molecule has 0 aromatic rings. The van der Waals surface area contributed by atoms with Crippen LogP contribution in [0.25, 0.3) is 0 Å². The molecule has 0 spiro atoms. The van der Waals surface area contributed by atoms with Crippen LogP contribution in [0.4, 0.5) is 0 Å². The molecule has 5 nitrogen and oxygen atoms in total. The Morgan fingerprint density at radius 3 is 2.37 bits per heavy atom. The van der Waals surface area contributed by atoms with Crippen LogP contribution in [0.15, 0.2) is 24.3 Å². The van der Waals surface area contributed by atoms with Crippen LogP contribution in [0.1, 0.15) is 20.3 Å². The SMILES string of the molecule is CC(C)C[C@H](N)C(=O)C1(C(=O)O)C=CC=CC1N.Cl. The standard InChI is InChI=1S/C13H20N2O3.ClH/c1-8(2)7-9(14)11(16)13(12(17)18)6-4-3-5-10(13)15;/h3-6,8-10H,7,14-15H2,1-2H3,(H,17,18);1H/t9-,10?,13?;/m0./s1. The Hall–Kier alpha value is -1.17. The summed E-state index contributed by atoms with van der Waals surface area (Å²) in [6.07, 6.45) is 6.44. The molecule has 1 aliphatic carbocycles. The number of nitrogens with two attached hydrogens (primary N) is 2. The number of Topliss-reactive ketones (excluding diaryl/α,β-unsaturated/α-hetero) is 1. The minimum absolute atomic E-state index is 0. The van der Waals surface area contributed by atoms with Crippen LogP contribution in [0.5, 0.6) is 0 Å². The lowest BCUT2D eigenvalue weighted by molar-refractivity contribution is -0.152. The van der Waals surface area contributed by atoms with E-state index < -0.39 is 29.3 Å². The number of halogens is 1. The molecule has 0 fully saturated rings. The maximum atomic E-state index is 12.3. The zero-order valence-corrected chi connectivity index (χ0v) is 11.9. The second-order valence-corrected chi connectivity index (χ2v) is 5.04. The Kier molecular flexibility index (Phi) is 6.42. The fourth-order valence-electron chi connectivity index (χ4n) is 2.14. The van der Waals surface area contributed by atoms with Crippen molar-refractivity contribution in [3.05, 3.63) is 24.3 Å². The van der Waals surface area contributed by atoms with Gasteiger partial charge in [-0.25, -0.2) is 0 Å². The Bertz CT molecular complexity index is 407. The zero-order valence-electron chi connectivity index (χ0n) is 11.1. The number of carbonyl (C=O) groups excluding carboxylic acids is 1. The molecule has 1 aliphatic rings. The molecule has 3 atom stereocenters. The van der Waals surface area contributed by atoms with E-state index in [-0.39, 0.29) is 18.3 Å². The molecule has 108 valence electrons. The maximum absolute atomic E-state index is 12.3. The largest absolute Gasteiger partial charge is 0.480 e. The summed E-state index contributed by atoms with van der Waals surface area (Å²) in [7, 11) is 0. The predicted octanol–water partition coefficient (Wildman–Crippen LogP) is 0.875. The summed E-state index contributed by atoms with van der Waals surface area (Å²) in [5.41, 5.74) is 9.86. The number of hydrogen-bond acceptors (Lipinski definition) is 4. The van der Waals surface area contributed by atoms with Crippen molar-refractivity contribution < 1.29 is 14.7 Å². The average Bonchev–Trinajstić information content (AvgIpc) is 2.27. The van der Waals surface area contributed by atoms with Crippen molar-refractivity contribution in [2.24, 2.45) is 22.8 Å². The second-order valence-electron chi connectivity index (χ2n) is 5.04. The minimum Gasteiger partial charge on any atom is -0.480 e. The minimum atomic E-state index is -1.73. The highest BCUT2D eigenvalue weighted by Gasteiger charge is 2.50. The van der Waals surface area contributed by atoms with E-state index in [1.807, 2.05) is 13.8 Å². The fraction of sp³-hybridized carbons (Fsp3) is 0.538. The number of carboxylic acid groups (broad SMARTS) is 1. The monoisotopic (exact) mass is 288 g/mol. The molecule has 0 heterocycles. The Labute approximate surface area is 119 Å². The van der Waals surface area contributed by atoms with Gasteiger partial charge in [-0.15, -0.1) is 12.4 Å². The molecule has 0 aromatic heterocycles. The van der Waals surface area contributed by atoms with E-state index in [1.165, 1.54) is 18.2 Å². The quantitative estimate of drug-likeness (QED) is 0.651. The van der Waals surface area contributed by atoms with Gasteiger partial charge in [0.25, 0.3) is 0 Å². The number of ketones is 1. The molecule has 2 unspecified atom stereocenters. The van der Waals surface area contributed by atoms with Crippen LogP contribution >= 0.6 is 12.4 Å². The van der Waals surface area contributed by atoms with E-state index in [0.29, 0.717) is 6.42 Å². The van der Waals surface area contributed by atoms with Crippen molar-refractivity contribution in [2.75, 3.05) is 0 Å². The van der Waals surface area contributed by atoms with E-state index in [2.05, 4.69) is 0 Å². The lowest BCUT2D eigenvalue weighted by atomic mass is 9.71. The normalized spacial score (nSPS) is 26.9. The van der Waals surface area contributed by atoms with Gasteiger partial charge >= 0.3 is 5.97 Å². The van der Waals surface area contributed by atoms with Crippen LogP contribution in [-0.4, -0.2) is 28.9 Å². The van der Waals surface area contributed by atoms with Crippen molar-refractivity contribution in [1.29, 1.82) is 0 Å². The van der Waals surface area contributed by atoms with Crippen LogP contribution in [-0.2, 0) is 9.59 Å². The topological polar surface area (TPSA) is 106 Å². The molecule has 6 heteroatoms. The Morgan fingerprint density at radius 1 is 1.37 bits per heavy atom. The van der Waals surface area contributed by atoms with Crippen molar-refractivity contribution >= 4 is 24.2 Å². The lowest BCUT2D eigenvalue weighted by Crippen LogP contribution is -2.56. The summed E-state index contributed by atoms with van der Waals surface area (Å²) in [5.74, 6) is -1.56. The maximum Gasteiger partial charge on any atom is 0.323 e. The van der Waals surface area contributed by atoms with Crippen molar-refractivity contribution in [2.45, 2.75) is 32.4 Å². The number of hydrogen-bond donors (Lipinski definition) is 3. The smallest absolute Gasteiger partial charge is 0.323 e. The molecule has 0 aromatic carbocycles. The molecule has 0 aliphatic heterocycles. The third kappa shape index (κ3) is 3.43. The van der Waals surface area contributed by atoms with E-state index in [9.17, 15) is 14.7 Å². The Balaban J connectivity index is 0.00000324. The van der Waals surface area contributed by atoms with E-state index in [1.54, 1.807) is 6.08 Å². The highest BCUT2D eigenvalue weighted by atomic mass is 35.5. The summed E-state index contributed by atoms with van der Waals surface area (Å²) in [5, 5.41) is 9.37. The van der Waals surface area contributed by atoms with Crippen LogP contribution in [0.3, 0.4) is 0 Å². The summed E-state index contributed by atoms with van der Waals surface area (Å²) in [6.45, 7) is 3.86. The summed E-state index contributed by atoms with van der Waals surface area (Å²) in [4.78, 5) is 23.8. The van der Waals surface area contributed by atoms with Gasteiger partial charge in [-0.1, -0.05) is 38.2 Å². The molecule has 19 heavy (non-hydrogen) atoms. The zero-order chi connectivity index (χ0) is 13.9. The Morgan fingerprint density at radius 2 is 1.95 bits per heavy atom. The van der Waals surface area contributed by atoms with Gasteiger partial charge < -0.3 is 16.6 Å². The van der Waals surface area contributed by atoms with E-state index in [4.69, 9.17) is 11.5 Å². The lowest BCUT2D eigenvalue weighted by Gasteiger charge is -2.33. The highest BCUT2D eigenvalue weighted by molar-refractivity contribution is 6.09. The van der Waals surface area contributed by atoms with Gasteiger partial charge in [-0.05, 0) is 12.3 Å². The molecule has 5 N–H and O–H groups in total. The molecule has 0 radical (unpaired) electrons. The van der Waals surface area contributed by atoms with Gasteiger partial charge in [0.05, 0.1) is 6.04 Å². The molecule has 0 amide bonds. The number of aliphatic carboxylic acids is 1. The number of carbonyl (C=O) groups is 2. The van der Waals surface area contributed by atoms with Crippen molar-refractivity contribution in [3.63, 3.8) is 0 Å². The second kappa shape index (κ2) is 6.84. The first-order valence-electron chi connectivity index (χ1n) is 5.97. The fourth-order valence-corrected chi connectivity index (χ4v) is 2.14. The summed E-state index contributed by atoms with van der Waals surface area (Å²) < 4.78 is 0. The van der Waals surface area contributed by atoms with Gasteiger partial charge in [0.1, 0.15) is 0 Å². The van der Waals surface area contributed by atoms with Crippen LogP contribution in [0.2, 0.25) is 0 Å². The number of rotatable bonds is 5. The molecule has 1 rings (SSSR count). The van der Waals surface area contributed by atoms with Crippen molar-refractivity contribution in [1.82, 2.24) is 0 Å². The highest BCUT2D eigenvalue weighted by Crippen LogP contribution is 2.30. The molecular weight excluding hydrogens is 268 g/mol. The van der Waals surface area contributed by atoms with Gasteiger partial charge in [-0.2, -0.15) is 0 Å². The third-order valence-corrected chi connectivity index (χ3v) is 3.14. The summed E-state index contributed by atoms with van der Waals surface area (Å²) in [6, 6.07) is -1.70. The molecular formula is C13H21ClN2O3. The first-order chi connectivity index (χ1) is 8.32. The van der Waals surface area contributed by atoms with E-state index in [0.717, 1.165) is 0 Å². The van der Waals surface area contributed by atoms with Gasteiger partial charge in [0.2, 0.25) is 0 Å². The number of carboxylic acids is 1. The van der Waals surface area contributed by atoms with E-state index >= 15 is 0 Å². The van der Waals surface area contributed by atoms with Gasteiger partial charge in [0.15, 0.2) is 11.2 Å². The average molecular weight is 289 g/mol. The van der Waals surface area contributed by atoms with Crippen LogP contribution in [0, 0.1) is 11.3 Å². The van der Waals surface area contributed by atoms with Gasteiger partial charge in [0, 0.05) is 6.04 Å². The van der Waals surface area contributed by atoms with Crippen molar-refractivity contribution in [3.8, 4) is 0 Å². The third-order valence-electron chi connectivity index (χ3n) is 3.14. The predicted molar refractivity (Wildman–Crippen MR) is 76.0 cm³/mol. The first-order valence-corrected chi connectivity index (χ1v) is 5.97.